The number of hydrogen-bond donors (Lipinski definition) is 3. The number of aromatic carboxylic acids is 1. The fraction of sp³-hybridized carbons (Fsp3) is 0.455. The first-order valence-corrected chi connectivity index (χ1v) is 30.4. The summed E-state index contributed by atoms with van der Waals surface area (Å²) in [6.07, 6.45) is 3.11. The van der Waals surface area contributed by atoms with Gasteiger partial charge in [0, 0.05) is 43.6 Å². The molecule has 0 saturated heterocycles. The average molecular weight is 1230 g/mol. The second-order valence-corrected chi connectivity index (χ2v) is 24.6. The van der Waals surface area contributed by atoms with Gasteiger partial charge in [0.2, 0.25) is 0 Å². The number of aryl methyl sites for hydroxylation is 2. The van der Waals surface area contributed by atoms with Crippen molar-refractivity contribution in [2.24, 2.45) is 17.6 Å². The lowest BCUT2D eigenvalue weighted by molar-refractivity contribution is -0.136. The predicted octanol–water partition coefficient (Wildman–Crippen LogP) is 14.1. The first kappa shape index (κ1) is 73.1. The van der Waals surface area contributed by atoms with Gasteiger partial charge in [-0.05, 0) is 125 Å². The molecular weight excluding hydrogens is 1140 g/mol. The normalized spacial score (nSPS) is 11.8. The molecule has 0 aliphatic carbocycles. The number of esters is 1. The van der Waals surface area contributed by atoms with Crippen LogP contribution in [0.2, 0.25) is 0 Å². The van der Waals surface area contributed by atoms with Crippen LogP contribution < -0.4 is 15.2 Å². The molecule has 0 aliphatic rings. The van der Waals surface area contributed by atoms with Gasteiger partial charge in [0.25, 0.3) is 12.0 Å². The van der Waals surface area contributed by atoms with Crippen LogP contribution in [0.15, 0.2) is 84.9 Å². The second kappa shape index (κ2) is 34.8. The lowest BCUT2D eigenvalue weighted by Crippen LogP contribution is -2.24. The third-order valence-electron chi connectivity index (χ3n) is 13.0. The number of carbonyl (C=O) groups is 6. The van der Waals surface area contributed by atoms with Crippen LogP contribution in [0.5, 0.6) is 12.0 Å². The van der Waals surface area contributed by atoms with Crippen molar-refractivity contribution in [3.8, 4) is 34.3 Å². The van der Waals surface area contributed by atoms with Crippen molar-refractivity contribution in [1.82, 2.24) is 19.1 Å². The maximum atomic E-state index is 15.4. The van der Waals surface area contributed by atoms with E-state index in [4.69, 9.17) is 25.1 Å². The molecule has 0 unspecified atom stereocenters. The number of nitrogens with two attached hydrogens (primary N) is 1. The summed E-state index contributed by atoms with van der Waals surface area (Å²) < 4.78 is 51.3. The molecular formula is C66H87F2N5O11S2. The number of hydrogen-bond acceptors (Lipinski definition) is 14. The summed E-state index contributed by atoms with van der Waals surface area (Å²) >= 11 is 1.98. The van der Waals surface area contributed by atoms with E-state index in [1.165, 1.54) is 32.0 Å². The number of imidazole rings is 2. The molecule has 2 heterocycles. The summed E-state index contributed by atoms with van der Waals surface area (Å²) in [5.41, 5.74) is 12.1. The molecule has 16 nitrogen and oxygen atoms in total. The fourth-order valence-corrected chi connectivity index (χ4v) is 11.3. The zero-order valence-corrected chi connectivity index (χ0v) is 52.8. The minimum absolute atomic E-state index is 0. The minimum atomic E-state index is -1.08. The van der Waals surface area contributed by atoms with Crippen LogP contribution >= 0.6 is 23.5 Å². The molecule has 2 atom stereocenters. The Bertz CT molecular complexity index is 3260. The number of carboxylic acid groups (broad SMARTS) is 2. The lowest BCUT2D eigenvalue weighted by Gasteiger charge is -2.20. The number of halogens is 2. The molecule has 6 aromatic rings. The average Bonchev–Trinajstić information content (AvgIpc) is 1.75. The monoisotopic (exact) mass is 1230 g/mol. The summed E-state index contributed by atoms with van der Waals surface area (Å²) in [5, 5.41) is 17.0. The maximum Gasteiger partial charge on any atom is 0.339 e. The Kier molecular flexibility index (Phi) is 29.6. The Morgan fingerprint density at radius 2 is 1.07 bits per heavy atom. The number of benzene rings is 4. The summed E-state index contributed by atoms with van der Waals surface area (Å²) in [7, 11) is 0. The number of ether oxygens (including phenoxy) is 3. The number of aliphatic carboxylic acids is 1. The van der Waals surface area contributed by atoms with Crippen molar-refractivity contribution in [3.63, 3.8) is 0 Å². The Morgan fingerprint density at radius 1 is 0.640 bits per heavy atom. The number of aromatic nitrogens is 4. The van der Waals surface area contributed by atoms with E-state index in [1.807, 2.05) is 97.4 Å². The summed E-state index contributed by atoms with van der Waals surface area (Å²) in [6, 6.07) is 24.0. The molecule has 4 aromatic carbocycles. The van der Waals surface area contributed by atoms with Crippen molar-refractivity contribution in [2.75, 3.05) is 13.2 Å². The Morgan fingerprint density at radius 3 is 1.48 bits per heavy atom. The van der Waals surface area contributed by atoms with Gasteiger partial charge < -0.3 is 30.2 Å². The van der Waals surface area contributed by atoms with Crippen molar-refractivity contribution in [2.45, 2.75) is 172 Å². The highest BCUT2D eigenvalue weighted by atomic mass is 32.2. The van der Waals surface area contributed by atoms with Gasteiger partial charge in [-0.25, -0.2) is 23.4 Å². The van der Waals surface area contributed by atoms with Crippen LogP contribution in [0.1, 0.15) is 171 Å². The standard InChI is InChI=1S/C31H37FN2O5S.C26H32FN3O3.C8H14O3S.CH4/c1-6-26-27(14-15-28(36)29(16-19(3)4)40-20(5)35)34(31(33-26)39-7-2)18-22-13-12-21(17-25(22)32)23-10-8-9-11-24(23)30(37)38;1-6-22-23(15-28)30(25(29-22)32-7-2)16-18-13-12-17(14-21(18)27)19-10-8-9-11-20(19)24(31)33-26(3,4)5;1-5(2)4-7(8(10)11)12-6(3)9;/h8-13,17,19,29H,6-7,14-16,18H2,1-5H3,(H,37,38);8-14H,6-7,15-16,28H2,1-5H3;5,7H,4H2,1-3H3,(H,10,11);1H4/t29-;;7-;/m0.0./s1. The largest absolute Gasteiger partial charge is 0.480 e. The summed E-state index contributed by atoms with van der Waals surface area (Å²) in [5.74, 6) is -2.70. The second-order valence-electron chi connectivity index (χ2n) is 21.8. The van der Waals surface area contributed by atoms with Crippen LogP contribution in [0, 0.1) is 23.5 Å². The fourth-order valence-electron chi connectivity index (χ4n) is 9.20. The van der Waals surface area contributed by atoms with E-state index in [1.54, 1.807) is 54.6 Å². The van der Waals surface area contributed by atoms with Crippen molar-refractivity contribution in [1.29, 1.82) is 0 Å². The SMILES string of the molecule is C.CC(=O)S[C@@H](CC(C)C)C(=O)O.CCOc1nc(CC)c(CCC(=O)[C@H](CC(C)C)SC(C)=O)n1Cc1ccc(-c2ccccc2C(=O)O)cc1F.CCOc1nc(CC)c(CN)n1Cc1ccc(-c2ccccc2C(=O)OC(C)(C)C)cc1F. The first-order valence-electron chi connectivity index (χ1n) is 28.6. The molecule has 4 N–H and O–H groups in total. The maximum absolute atomic E-state index is 15.4. The van der Waals surface area contributed by atoms with Gasteiger partial charge in [0.1, 0.15) is 28.3 Å². The molecule has 0 spiro atoms. The number of ketones is 1. The highest BCUT2D eigenvalue weighted by molar-refractivity contribution is 8.14. The minimum Gasteiger partial charge on any atom is -0.480 e. The highest BCUT2D eigenvalue weighted by Gasteiger charge is 2.27. The molecule has 86 heavy (non-hydrogen) atoms. The number of Topliss-reactive ketones (excluding diaryl/α,β-unsaturated/α-hetero) is 1. The smallest absolute Gasteiger partial charge is 0.339 e. The molecule has 0 fully saturated rings. The Balaban J connectivity index is 0.000000379. The van der Waals surface area contributed by atoms with E-state index in [-0.39, 0.29) is 66.8 Å². The van der Waals surface area contributed by atoms with E-state index in [9.17, 15) is 33.9 Å². The Hall–Kier alpha value is -7.16. The van der Waals surface area contributed by atoms with Gasteiger partial charge in [-0.1, -0.05) is 133 Å². The van der Waals surface area contributed by atoms with Gasteiger partial charge in [-0.2, -0.15) is 4.98 Å². The molecule has 0 amide bonds. The van der Waals surface area contributed by atoms with E-state index in [0.717, 1.165) is 46.3 Å². The van der Waals surface area contributed by atoms with E-state index < -0.39 is 39.8 Å². The summed E-state index contributed by atoms with van der Waals surface area (Å²) in [4.78, 5) is 79.7. The predicted molar refractivity (Wildman–Crippen MR) is 338 cm³/mol. The van der Waals surface area contributed by atoms with Crippen molar-refractivity contribution in [3.05, 3.63) is 142 Å². The molecule has 0 bridgehead atoms. The topological polar surface area (TPSA) is 232 Å². The third kappa shape index (κ3) is 21.7. The molecule has 0 radical (unpaired) electrons. The van der Waals surface area contributed by atoms with Crippen LogP contribution in [0.4, 0.5) is 8.78 Å². The summed E-state index contributed by atoms with van der Waals surface area (Å²) in [6.45, 7) is 25.4. The zero-order chi connectivity index (χ0) is 63.3. The zero-order valence-electron chi connectivity index (χ0n) is 51.2. The number of nitrogens with zero attached hydrogens (tertiary/aromatic N) is 4. The quantitative estimate of drug-likeness (QED) is 0.0429. The highest BCUT2D eigenvalue weighted by Crippen LogP contribution is 2.32. The van der Waals surface area contributed by atoms with Crippen molar-refractivity contribution < 1.29 is 62.0 Å². The molecule has 468 valence electrons. The van der Waals surface area contributed by atoms with Gasteiger partial charge in [0.15, 0.2) is 10.2 Å². The number of carboxylic acids is 2. The van der Waals surface area contributed by atoms with E-state index >= 15 is 8.78 Å². The molecule has 2 aromatic heterocycles. The van der Waals surface area contributed by atoms with Gasteiger partial charge in [-0.3, -0.25) is 28.3 Å². The molecule has 6 rings (SSSR count). The molecule has 20 heteroatoms. The van der Waals surface area contributed by atoms with E-state index in [0.29, 0.717) is 102 Å². The number of carbonyl (C=O) groups excluding carboxylic acids is 4. The van der Waals surface area contributed by atoms with E-state index in [2.05, 4.69) is 9.97 Å². The van der Waals surface area contributed by atoms with Gasteiger partial charge in [0.05, 0.1) is 59.8 Å². The number of rotatable bonds is 26. The molecule has 0 saturated carbocycles. The van der Waals surface area contributed by atoms with Crippen molar-refractivity contribution >= 4 is 57.4 Å². The van der Waals surface area contributed by atoms with Crippen LogP contribution in [-0.4, -0.2) is 92.6 Å². The Labute approximate surface area is 514 Å². The van der Waals surface area contributed by atoms with Gasteiger partial charge in [-0.15, -0.1) is 0 Å². The van der Waals surface area contributed by atoms with Crippen LogP contribution in [-0.2, 0) is 62.8 Å². The van der Waals surface area contributed by atoms with Crippen LogP contribution in [0.3, 0.4) is 0 Å². The first-order chi connectivity index (χ1) is 40.2. The van der Waals surface area contributed by atoms with Crippen LogP contribution in [0.25, 0.3) is 22.3 Å². The van der Waals surface area contributed by atoms with Gasteiger partial charge >= 0.3 is 17.9 Å². The molecule has 0 aliphatic heterocycles. The lowest BCUT2D eigenvalue weighted by atomic mass is 9.98. The number of thioether (sulfide) groups is 2. The third-order valence-corrected chi connectivity index (χ3v) is 15.1.